The Morgan fingerprint density at radius 1 is 0.765 bits per heavy atom. The van der Waals surface area contributed by atoms with Gasteiger partial charge in [0.05, 0.1) is 0 Å². The quantitative estimate of drug-likeness (QED) is 0.403. The van der Waals surface area contributed by atoms with E-state index in [9.17, 15) is 14.4 Å². The van der Waals surface area contributed by atoms with Crippen molar-refractivity contribution in [2.75, 3.05) is 0 Å². The van der Waals surface area contributed by atoms with Gasteiger partial charge in [-0.25, -0.2) is 0 Å². The van der Waals surface area contributed by atoms with Crippen LogP contribution in [0.4, 0.5) is 0 Å². The molecule has 0 fully saturated rings. The van der Waals surface area contributed by atoms with Gasteiger partial charge in [-0.15, -0.1) is 0 Å². The number of esters is 3. The van der Waals surface area contributed by atoms with Crippen molar-refractivity contribution in [2.24, 2.45) is 0 Å². The maximum absolute atomic E-state index is 10.9. The lowest BCUT2D eigenvalue weighted by molar-refractivity contribution is -0.172. The predicted molar refractivity (Wildman–Crippen MR) is 55.8 cm³/mol. The molecule has 0 N–H and O–H groups in total. The van der Waals surface area contributed by atoms with E-state index in [2.05, 4.69) is 0 Å². The molecule has 6 nitrogen and oxygen atoms in total. The molecule has 1 aliphatic carbocycles. The Labute approximate surface area is 98.5 Å². The van der Waals surface area contributed by atoms with E-state index in [4.69, 9.17) is 14.2 Å². The Kier molecular flexibility index (Phi) is 4.25. The molecule has 0 amide bonds. The first-order valence-corrected chi connectivity index (χ1v) is 5.10. The number of rotatable bonds is 3. The standard InChI is InChI=1S/C11H14O6/c1-6(12)15-9-4-5-10(16-7(2)13)11(9)17-8(3)14/h4-5,9-11H,1-3H3/t9-,10+,11?. The summed E-state index contributed by atoms with van der Waals surface area (Å²) in [5, 5.41) is 0. The number of ether oxygens (including phenoxy) is 3. The Morgan fingerprint density at radius 2 is 1.12 bits per heavy atom. The molecule has 6 heteroatoms. The van der Waals surface area contributed by atoms with Crippen molar-refractivity contribution in [1.82, 2.24) is 0 Å². The van der Waals surface area contributed by atoms with Crippen molar-refractivity contribution < 1.29 is 28.6 Å². The molecule has 0 aromatic carbocycles. The number of hydrogen-bond acceptors (Lipinski definition) is 6. The minimum Gasteiger partial charge on any atom is -0.454 e. The Balaban J connectivity index is 2.73. The van der Waals surface area contributed by atoms with E-state index in [1.807, 2.05) is 0 Å². The number of carbonyl (C=O) groups excluding carboxylic acids is 3. The molecule has 1 aliphatic rings. The molecular formula is C11H14O6. The predicted octanol–water partition coefficient (Wildman–Crippen LogP) is 0.351. The van der Waals surface area contributed by atoms with E-state index < -0.39 is 36.2 Å². The van der Waals surface area contributed by atoms with Crippen molar-refractivity contribution in [3.8, 4) is 0 Å². The molecule has 0 spiro atoms. The maximum atomic E-state index is 10.9. The highest BCUT2D eigenvalue weighted by atomic mass is 16.6. The fourth-order valence-electron chi connectivity index (χ4n) is 1.55. The van der Waals surface area contributed by atoms with Gasteiger partial charge >= 0.3 is 17.9 Å². The third-order valence-electron chi connectivity index (χ3n) is 2.04. The summed E-state index contributed by atoms with van der Waals surface area (Å²) in [7, 11) is 0. The van der Waals surface area contributed by atoms with Crippen LogP contribution in [0.5, 0.6) is 0 Å². The van der Waals surface area contributed by atoms with E-state index >= 15 is 0 Å². The zero-order valence-electron chi connectivity index (χ0n) is 9.84. The van der Waals surface area contributed by atoms with Crippen LogP contribution in [0.15, 0.2) is 12.2 Å². The molecule has 0 aromatic rings. The summed E-state index contributed by atoms with van der Waals surface area (Å²) in [6, 6.07) is 0. The molecule has 1 rings (SSSR count). The first-order chi connectivity index (χ1) is 7.90. The SMILES string of the molecule is CC(=O)OC1[C@@H](OC(C)=O)C=C[C@H]1OC(C)=O. The van der Waals surface area contributed by atoms with Gasteiger partial charge in [0.25, 0.3) is 0 Å². The van der Waals surface area contributed by atoms with Crippen LogP contribution in [0.2, 0.25) is 0 Å². The Hall–Kier alpha value is -1.85. The highest BCUT2D eigenvalue weighted by Crippen LogP contribution is 2.22. The molecule has 0 aromatic heterocycles. The highest BCUT2D eigenvalue weighted by molar-refractivity contribution is 5.69. The monoisotopic (exact) mass is 242 g/mol. The zero-order valence-corrected chi connectivity index (χ0v) is 9.84. The van der Waals surface area contributed by atoms with Gasteiger partial charge in [-0.1, -0.05) is 0 Å². The lowest BCUT2D eigenvalue weighted by Crippen LogP contribution is -2.39. The topological polar surface area (TPSA) is 78.9 Å². The molecule has 0 saturated heterocycles. The second kappa shape index (κ2) is 5.47. The molecule has 17 heavy (non-hydrogen) atoms. The molecule has 0 aliphatic heterocycles. The van der Waals surface area contributed by atoms with Crippen LogP contribution >= 0.6 is 0 Å². The minimum absolute atomic E-state index is 0.500. The van der Waals surface area contributed by atoms with E-state index in [0.717, 1.165) is 0 Å². The Bertz CT molecular complexity index is 333. The summed E-state index contributed by atoms with van der Waals surface area (Å²) in [6.07, 6.45) is 0.799. The van der Waals surface area contributed by atoms with Crippen LogP contribution in [0.3, 0.4) is 0 Å². The van der Waals surface area contributed by atoms with Crippen LogP contribution in [0.1, 0.15) is 20.8 Å². The van der Waals surface area contributed by atoms with E-state index in [1.165, 1.54) is 32.9 Å². The lowest BCUT2D eigenvalue weighted by Gasteiger charge is -2.23. The third kappa shape index (κ3) is 3.90. The van der Waals surface area contributed by atoms with E-state index in [1.54, 1.807) is 0 Å². The van der Waals surface area contributed by atoms with Gasteiger partial charge in [0, 0.05) is 20.8 Å². The summed E-state index contributed by atoms with van der Waals surface area (Å²) in [5.74, 6) is -1.53. The van der Waals surface area contributed by atoms with E-state index in [-0.39, 0.29) is 0 Å². The van der Waals surface area contributed by atoms with Crippen LogP contribution in [0.25, 0.3) is 0 Å². The third-order valence-corrected chi connectivity index (χ3v) is 2.04. The number of hydrogen-bond donors (Lipinski definition) is 0. The van der Waals surface area contributed by atoms with Crippen molar-refractivity contribution >= 4 is 17.9 Å². The molecule has 3 atom stereocenters. The molecular weight excluding hydrogens is 228 g/mol. The van der Waals surface area contributed by atoms with Crippen molar-refractivity contribution in [2.45, 2.75) is 39.1 Å². The van der Waals surface area contributed by atoms with E-state index in [0.29, 0.717) is 0 Å². The number of carbonyl (C=O) groups is 3. The summed E-state index contributed by atoms with van der Waals surface area (Å²) < 4.78 is 14.9. The van der Waals surface area contributed by atoms with Gasteiger partial charge in [0.2, 0.25) is 0 Å². The van der Waals surface area contributed by atoms with Gasteiger partial charge in [0.1, 0.15) is 0 Å². The zero-order chi connectivity index (χ0) is 13.0. The Morgan fingerprint density at radius 3 is 1.41 bits per heavy atom. The molecule has 0 radical (unpaired) electrons. The van der Waals surface area contributed by atoms with Gasteiger partial charge < -0.3 is 14.2 Å². The van der Waals surface area contributed by atoms with Gasteiger partial charge in [-0.05, 0) is 12.2 Å². The first kappa shape index (κ1) is 13.2. The van der Waals surface area contributed by atoms with Gasteiger partial charge in [0.15, 0.2) is 18.3 Å². The largest absolute Gasteiger partial charge is 0.454 e. The minimum atomic E-state index is -0.819. The maximum Gasteiger partial charge on any atom is 0.303 e. The summed E-state index contributed by atoms with van der Waals surface area (Å²) in [4.78, 5) is 32.6. The van der Waals surface area contributed by atoms with Crippen LogP contribution in [-0.2, 0) is 28.6 Å². The summed E-state index contributed by atoms with van der Waals surface area (Å²) in [5.41, 5.74) is 0. The molecule has 1 unspecified atom stereocenters. The average molecular weight is 242 g/mol. The highest BCUT2D eigenvalue weighted by Gasteiger charge is 2.38. The molecule has 0 bridgehead atoms. The smallest absolute Gasteiger partial charge is 0.303 e. The van der Waals surface area contributed by atoms with Crippen molar-refractivity contribution in [3.05, 3.63) is 12.2 Å². The van der Waals surface area contributed by atoms with Crippen molar-refractivity contribution in [1.29, 1.82) is 0 Å². The fourth-order valence-corrected chi connectivity index (χ4v) is 1.55. The molecule has 0 heterocycles. The summed E-state index contributed by atoms with van der Waals surface area (Å²) in [6.45, 7) is 3.73. The fraction of sp³-hybridized carbons (Fsp3) is 0.545. The van der Waals surface area contributed by atoms with Crippen LogP contribution in [0, 0.1) is 0 Å². The second-order valence-electron chi connectivity index (χ2n) is 3.61. The van der Waals surface area contributed by atoms with Crippen LogP contribution < -0.4 is 0 Å². The van der Waals surface area contributed by atoms with Crippen molar-refractivity contribution in [3.63, 3.8) is 0 Å². The molecule has 0 saturated carbocycles. The lowest BCUT2D eigenvalue weighted by atomic mass is 10.2. The van der Waals surface area contributed by atoms with Crippen LogP contribution in [-0.4, -0.2) is 36.2 Å². The van der Waals surface area contributed by atoms with Gasteiger partial charge in [-0.3, -0.25) is 14.4 Å². The first-order valence-electron chi connectivity index (χ1n) is 5.10. The second-order valence-corrected chi connectivity index (χ2v) is 3.61. The summed E-state index contributed by atoms with van der Waals surface area (Å²) >= 11 is 0. The van der Waals surface area contributed by atoms with Gasteiger partial charge in [-0.2, -0.15) is 0 Å². The average Bonchev–Trinajstić information content (AvgIpc) is 2.47. The molecule has 94 valence electrons. The normalized spacial score (nSPS) is 26.4.